The van der Waals surface area contributed by atoms with E-state index in [0.29, 0.717) is 12.1 Å². The standard InChI is InChI=1S/C19H25N3O3S/c1-4-17-7-5-6-14(2)18(17)22-19(23)21-12-15-8-10-16(11-9-15)13-26(24,25)20-3/h5-11,20H,4,12-13H2,1-3H3,(H2,21,22,23). The van der Waals surface area contributed by atoms with Crippen molar-refractivity contribution in [2.24, 2.45) is 0 Å². The molecule has 0 aromatic heterocycles. The van der Waals surface area contributed by atoms with Crippen LogP contribution in [0.2, 0.25) is 0 Å². The first-order valence-electron chi connectivity index (χ1n) is 8.47. The molecule has 0 saturated heterocycles. The summed E-state index contributed by atoms with van der Waals surface area (Å²) in [6.45, 7) is 4.37. The van der Waals surface area contributed by atoms with Gasteiger partial charge in [0.25, 0.3) is 0 Å². The number of carbonyl (C=O) groups excluding carboxylic acids is 1. The number of anilines is 1. The molecule has 0 spiro atoms. The number of urea groups is 1. The largest absolute Gasteiger partial charge is 0.334 e. The van der Waals surface area contributed by atoms with Gasteiger partial charge >= 0.3 is 6.03 Å². The van der Waals surface area contributed by atoms with Gasteiger partial charge in [0, 0.05) is 12.2 Å². The van der Waals surface area contributed by atoms with E-state index in [4.69, 9.17) is 0 Å². The van der Waals surface area contributed by atoms with Crippen molar-refractivity contribution >= 4 is 21.7 Å². The van der Waals surface area contributed by atoms with E-state index in [9.17, 15) is 13.2 Å². The maximum absolute atomic E-state index is 12.2. The number of aryl methyl sites for hydroxylation is 2. The van der Waals surface area contributed by atoms with Gasteiger partial charge in [-0.2, -0.15) is 0 Å². The van der Waals surface area contributed by atoms with Gasteiger partial charge < -0.3 is 10.6 Å². The first-order chi connectivity index (χ1) is 12.3. The van der Waals surface area contributed by atoms with Crippen LogP contribution in [0.1, 0.15) is 29.2 Å². The van der Waals surface area contributed by atoms with E-state index in [1.54, 1.807) is 12.1 Å². The molecule has 0 atom stereocenters. The summed E-state index contributed by atoms with van der Waals surface area (Å²) in [6.07, 6.45) is 0.842. The molecule has 0 bridgehead atoms. The average molecular weight is 375 g/mol. The molecule has 0 aliphatic carbocycles. The lowest BCUT2D eigenvalue weighted by Gasteiger charge is -2.14. The van der Waals surface area contributed by atoms with Crippen LogP contribution in [0, 0.1) is 6.92 Å². The summed E-state index contributed by atoms with van der Waals surface area (Å²) in [5.74, 6) is -0.0647. The highest BCUT2D eigenvalue weighted by Crippen LogP contribution is 2.20. The van der Waals surface area contributed by atoms with Crippen LogP contribution in [0.5, 0.6) is 0 Å². The van der Waals surface area contributed by atoms with Gasteiger partial charge in [0.05, 0.1) is 5.75 Å². The van der Waals surface area contributed by atoms with Crippen LogP contribution in [0.25, 0.3) is 0 Å². The smallest absolute Gasteiger partial charge is 0.319 e. The molecule has 6 nitrogen and oxygen atoms in total. The molecule has 2 aromatic rings. The molecule has 0 fully saturated rings. The molecular weight excluding hydrogens is 350 g/mol. The second-order valence-electron chi connectivity index (χ2n) is 6.05. The molecule has 140 valence electrons. The fourth-order valence-corrected chi connectivity index (χ4v) is 3.36. The third-order valence-electron chi connectivity index (χ3n) is 4.12. The molecule has 0 saturated carbocycles. The zero-order valence-electron chi connectivity index (χ0n) is 15.3. The van der Waals surface area contributed by atoms with Crippen molar-refractivity contribution in [2.75, 3.05) is 12.4 Å². The Hall–Kier alpha value is -2.38. The maximum atomic E-state index is 12.2. The number of benzene rings is 2. The van der Waals surface area contributed by atoms with Crippen molar-refractivity contribution < 1.29 is 13.2 Å². The number of hydrogen-bond acceptors (Lipinski definition) is 3. The van der Waals surface area contributed by atoms with Crippen LogP contribution in [0.15, 0.2) is 42.5 Å². The van der Waals surface area contributed by atoms with E-state index >= 15 is 0 Å². The third-order valence-corrected chi connectivity index (χ3v) is 5.46. The monoisotopic (exact) mass is 375 g/mol. The zero-order chi connectivity index (χ0) is 19.2. The Balaban J connectivity index is 1.94. The first-order valence-corrected chi connectivity index (χ1v) is 10.1. The number of sulfonamides is 1. The van der Waals surface area contributed by atoms with Gasteiger partial charge in [-0.25, -0.2) is 17.9 Å². The fraction of sp³-hybridized carbons (Fsp3) is 0.316. The second kappa shape index (κ2) is 8.82. The topological polar surface area (TPSA) is 87.3 Å². The zero-order valence-corrected chi connectivity index (χ0v) is 16.1. The SMILES string of the molecule is CCc1cccc(C)c1NC(=O)NCc1ccc(CS(=O)(=O)NC)cc1. The number of hydrogen-bond donors (Lipinski definition) is 3. The molecule has 0 radical (unpaired) electrons. The van der Waals surface area contributed by atoms with Crippen LogP contribution < -0.4 is 15.4 Å². The van der Waals surface area contributed by atoms with Crippen LogP contribution >= 0.6 is 0 Å². The Bertz CT molecular complexity index is 862. The summed E-state index contributed by atoms with van der Waals surface area (Å²) in [5.41, 5.74) is 4.55. The van der Waals surface area contributed by atoms with Crippen LogP contribution in [0.3, 0.4) is 0 Å². The van der Waals surface area contributed by atoms with Crippen molar-refractivity contribution in [3.8, 4) is 0 Å². The quantitative estimate of drug-likeness (QED) is 0.695. The lowest BCUT2D eigenvalue weighted by atomic mass is 10.1. The summed E-state index contributed by atoms with van der Waals surface area (Å²) in [5, 5.41) is 5.74. The van der Waals surface area contributed by atoms with Crippen LogP contribution in [-0.2, 0) is 28.7 Å². The second-order valence-corrected chi connectivity index (χ2v) is 7.98. The summed E-state index contributed by atoms with van der Waals surface area (Å²) in [6, 6.07) is 12.8. The van der Waals surface area contributed by atoms with E-state index in [2.05, 4.69) is 15.4 Å². The van der Waals surface area contributed by atoms with Crippen LogP contribution in [-0.4, -0.2) is 21.5 Å². The van der Waals surface area contributed by atoms with Crippen molar-refractivity contribution in [1.82, 2.24) is 10.0 Å². The van der Waals surface area contributed by atoms with Crippen molar-refractivity contribution in [1.29, 1.82) is 0 Å². The summed E-state index contributed by atoms with van der Waals surface area (Å²) in [7, 11) is -1.89. The Morgan fingerprint density at radius 3 is 2.31 bits per heavy atom. The highest BCUT2D eigenvalue weighted by Gasteiger charge is 2.10. The van der Waals surface area contributed by atoms with E-state index in [-0.39, 0.29) is 11.8 Å². The molecule has 2 amide bonds. The van der Waals surface area contributed by atoms with Gasteiger partial charge in [0.15, 0.2) is 0 Å². The van der Waals surface area contributed by atoms with Crippen molar-refractivity contribution in [2.45, 2.75) is 32.6 Å². The Labute approximate surface area is 155 Å². The molecule has 2 aromatic carbocycles. The van der Waals surface area contributed by atoms with E-state index in [1.165, 1.54) is 7.05 Å². The summed E-state index contributed by atoms with van der Waals surface area (Å²) in [4.78, 5) is 12.2. The predicted octanol–water partition coefficient (Wildman–Crippen LogP) is 2.93. The van der Waals surface area contributed by atoms with Gasteiger partial charge in [-0.1, -0.05) is 49.4 Å². The number of rotatable bonds is 7. The van der Waals surface area contributed by atoms with E-state index < -0.39 is 10.0 Å². The number of para-hydroxylation sites is 1. The summed E-state index contributed by atoms with van der Waals surface area (Å²) < 4.78 is 25.4. The lowest BCUT2D eigenvalue weighted by Crippen LogP contribution is -2.29. The van der Waals surface area contributed by atoms with Gasteiger partial charge in [-0.15, -0.1) is 0 Å². The molecule has 2 rings (SSSR count). The lowest BCUT2D eigenvalue weighted by molar-refractivity contribution is 0.251. The molecule has 3 N–H and O–H groups in total. The van der Waals surface area contributed by atoms with Gasteiger partial charge in [0.2, 0.25) is 10.0 Å². The Kier molecular flexibility index (Phi) is 6.76. The van der Waals surface area contributed by atoms with Crippen molar-refractivity contribution in [3.05, 3.63) is 64.7 Å². The Morgan fingerprint density at radius 2 is 1.69 bits per heavy atom. The first kappa shape index (κ1) is 19.9. The highest BCUT2D eigenvalue weighted by molar-refractivity contribution is 7.88. The van der Waals surface area contributed by atoms with E-state index in [0.717, 1.165) is 28.8 Å². The fourth-order valence-electron chi connectivity index (χ4n) is 2.59. The molecule has 26 heavy (non-hydrogen) atoms. The molecule has 7 heteroatoms. The van der Waals surface area contributed by atoms with Gasteiger partial charge in [0.1, 0.15) is 0 Å². The Morgan fingerprint density at radius 1 is 1.04 bits per heavy atom. The average Bonchev–Trinajstić information content (AvgIpc) is 2.62. The van der Waals surface area contributed by atoms with E-state index in [1.807, 2.05) is 44.2 Å². The molecule has 0 aliphatic rings. The molecule has 0 aliphatic heterocycles. The third kappa shape index (κ3) is 5.57. The van der Waals surface area contributed by atoms with Crippen LogP contribution in [0.4, 0.5) is 10.5 Å². The van der Waals surface area contributed by atoms with Gasteiger partial charge in [-0.05, 0) is 42.6 Å². The maximum Gasteiger partial charge on any atom is 0.319 e. The highest BCUT2D eigenvalue weighted by atomic mass is 32.2. The number of amides is 2. The predicted molar refractivity (Wildman–Crippen MR) is 105 cm³/mol. The molecule has 0 unspecified atom stereocenters. The number of nitrogens with one attached hydrogen (secondary N) is 3. The summed E-state index contributed by atoms with van der Waals surface area (Å²) >= 11 is 0. The minimum Gasteiger partial charge on any atom is -0.334 e. The molecular formula is C19H25N3O3S. The normalized spacial score (nSPS) is 11.2. The molecule has 0 heterocycles. The van der Waals surface area contributed by atoms with Crippen molar-refractivity contribution in [3.63, 3.8) is 0 Å². The number of carbonyl (C=O) groups is 1. The van der Waals surface area contributed by atoms with Gasteiger partial charge in [-0.3, -0.25) is 0 Å². The minimum atomic E-state index is -3.29. The minimum absolute atomic E-state index is 0.0647.